The third kappa shape index (κ3) is 6.34. The van der Waals surface area contributed by atoms with Gasteiger partial charge in [-0.25, -0.2) is 0 Å². The minimum atomic E-state index is -0.264. The summed E-state index contributed by atoms with van der Waals surface area (Å²) in [6, 6.07) is 18.0. The Hall–Kier alpha value is -3.35. The third-order valence-electron chi connectivity index (χ3n) is 4.76. The molecule has 29 heavy (non-hydrogen) atoms. The van der Waals surface area contributed by atoms with E-state index in [-0.39, 0.29) is 36.9 Å². The van der Waals surface area contributed by atoms with Crippen LogP contribution in [0.4, 0.5) is 0 Å². The summed E-state index contributed by atoms with van der Waals surface area (Å²) in [4.78, 5) is 38.1. The van der Waals surface area contributed by atoms with Gasteiger partial charge in [-0.2, -0.15) is 0 Å². The molecular formula is C22H25N3O4. The van der Waals surface area contributed by atoms with Crippen LogP contribution in [0.25, 0.3) is 0 Å². The fourth-order valence-electron chi connectivity index (χ4n) is 3.17. The number of nitrogens with one attached hydrogen (secondary N) is 2. The lowest BCUT2D eigenvalue weighted by molar-refractivity contribution is -0.131. The van der Waals surface area contributed by atoms with Crippen molar-refractivity contribution in [2.24, 2.45) is 0 Å². The van der Waals surface area contributed by atoms with E-state index in [1.165, 1.54) is 0 Å². The van der Waals surface area contributed by atoms with Crippen LogP contribution in [0.3, 0.4) is 0 Å². The molecule has 0 aliphatic carbocycles. The van der Waals surface area contributed by atoms with Gasteiger partial charge in [-0.3, -0.25) is 14.4 Å². The first-order valence-electron chi connectivity index (χ1n) is 9.70. The van der Waals surface area contributed by atoms with Crippen LogP contribution in [0.1, 0.15) is 23.2 Å². The van der Waals surface area contributed by atoms with Gasteiger partial charge in [0.25, 0.3) is 11.8 Å². The van der Waals surface area contributed by atoms with Crippen LogP contribution in [0.2, 0.25) is 0 Å². The van der Waals surface area contributed by atoms with Crippen LogP contribution in [0, 0.1) is 0 Å². The molecule has 0 saturated carbocycles. The van der Waals surface area contributed by atoms with Crippen molar-refractivity contribution in [1.29, 1.82) is 0 Å². The Morgan fingerprint density at radius 3 is 2.21 bits per heavy atom. The molecule has 2 aromatic carbocycles. The van der Waals surface area contributed by atoms with Gasteiger partial charge in [0, 0.05) is 24.7 Å². The quantitative estimate of drug-likeness (QED) is 0.746. The number of amides is 3. The number of ether oxygens (including phenoxy) is 1. The number of para-hydroxylation sites is 1. The number of benzene rings is 2. The fraction of sp³-hybridized carbons (Fsp3) is 0.318. The van der Waals surface area contributed by atoms with Crippen molar-refractivity contribution in [3.05, 3.63) is 66.2 Å². The Morgan fingerprint density at radius 2 is 1.55 bits per heavy atom. The Labute approximate surface area is 170 Å². The zero-order chi connectivity index (χ0) is 20.5. The summed E-state index contributed by atoms with van der Waals surface area (Å²) in [5, 5.41) is 5.60. The van der Waals surface area contributed by atoms with Gasteiger partial charge in [0.2, 0.25) is 5.91 Å². The summed E-state index contributed by atoms with van der Waals surface area (Å²) in [5.41, 5.74) is 0.527. The van der Waals surface area contributed by atoms with Crippen LogP contribution in [0.5, 0.6) is 5.75 Å². The van der Waals surface area contributed by atoms with Crippen LogP contribution < -0.4 is 15.4 Å². The standard InChI is InChI=1S/C22H25N3O4/c26-20(16-29-19-9-5-2-6-10-19)24-18-11-13-25(14-12-18)21(27)15-23-22(28)17-7-3-1-4-8-17/h1-10,18H,11-16H2,(H,23,28)(H,24,26). The topological polar surface area (TPSA) is 87.7 Å². The molecule has 0 aromatic heterocycles. The predicted octanol–water partition coefficient (Wildman–Crippen LogP) is 1.60. The second kappa shape index (κ2) is 10.3. The van der Waals surface area contributed by atoms with Gasteiger partial charge in [0.15, 0.2) is 6.61 Å². The van der Waals surface area contributed by atoms with E-state index in [9.17, 15) is 14.4 Å². The van der Waals surface area contributed by atoms with Crippen LogP contribution in [0.15, 0.2) is 60.7 Å². The molecular weight excluding hydrogens is 370 g/mol. The number of rotatable bonds is 7. The van der Waals surface area contributed by atoms with E-state index in [0.29, 0.717) is 37.2 Å². The highest BCUT2D eigenvalue weighted by Crippen LogP contribution is 2.11. The van der Waals surface area contributed by atoms with Crippen LogP contribution in [-0.4, -0.2) is 54.9 Å². The highest BCUT2D eigenvalue weighted by molar-refractivity contribution is 5.96. The van der Waals surface area contributed by atoms with Crippen molar-refractivity contribution in [3.63, 3.8) is 0 Å². The largest absolute Gasteiger partial charge is 0.484 e. The van der Waals surface area contributed by atoms with Crippen molar-refractivity contribution in [3.8, 4) is 5.75 Å². The average molecular weight is 395 g/mol. The molecule has 152 valence electrons. The first kappa shape index (κ1) is 20.4. The molecule has 0 spiro atoms. The van der Waals surface area contributed by atoms with Crippen molar-refractivity contribution < 1.29 is 19.1 Å². The second-order valence-corrected chi connectivity index (χ2v) is 6.87. The van der Waals surface area contributed by atoms with E-state index >= 15 is 0 Å². The van der Waals surface area contributed by atoms with Crippen molar-refractivity contribution in [2.45, 2.75) is 18.9 Å². The number of hydrogen-bond donors (Lipinski definition) is 2. The van der Waals surface area contributed by atoms with E-state index in [1.807, 2.05) is 24.3 Å². The molecule has 7 heteroatoms. The third-order valence-corrected chi connectivity index (χ3v) is 4.76. The number of carbonyl (C=O) groups excluding carboxylic acids is 3. The summed E-state index contributed by atoms with van der Waals surface area (Å²) < 4.78 is 5.44. The molecule has 1 aliphatic rings. The molecule has 3 amide bonds. The molecule has 0 bridgehead atoms. The second-order valence-electron chi connectivity index (χ2n) is 6.87. The average Bonchev–Trinajstić information content (AvgIpc) is 2.77. The molecule has 1 fully saturated rings. The Morgan fingerprint density at radius 1 is 0.931 bits per heavy atom. The minimum absolute atomic E-state index is 0.0184. The van der Waals surface area contributed by atoms with Gasteiger partial charge in [0.05, 0.1) is 6.54 Å². The SMILES string of the molecule is O=C(COc1ccccc1)NC1CCN(C(=O)CNC(=O)c2ccccc2)CC1. The molecule has 3 rings (SSSR count). The van der Waals surface area contributed by atoms with Gasteiger partial charge >= 0.3 is 0 Å². The van der Waals surface area contributed by atoms with E-state index < -0.39 is 0 Å². The minimum Gasteiger partial charge on any atom is -0.484 e. The van der Waals surface area contributed by atoms with Gasteiger partial charge in [-0.05, 0) is 37.1 Å². The van der Waals surface area contributed by atoms with Crippen LogP contribution >= 0.6 is 0 Å². The molecule has 1 heterocycles. The Bertz CT molecular complexity index is 818. The van der Waals surface area contributed by atoms with Crippen molar-refractivity contribution in [1.82, 2.24) is 15.5 Å². The van der Waals surface area contributed by atoms with E-state index in [2.05, 4.69) is 10.6 Å². The summed E-state index contributed by atoms with van der Waals surface area (Å²) >= 11 is 0. The maximum Gasteiger partial charge on any atom is 0.258 e. The zero-order valence-corrected chi connectivity index (χ0v) is 16.2. The molecule has 0 radical (unpaired) electrons. The highest BCUT2D eigenvalue weighted by atomic mass is 16.5. The molecule has 7 nitrogen and oxygen atoms in total. The first-order chi connectivity index (χ1) is 14.1. The van der Waals surface area contributed by atoms with Crippen molar-refractivity contribution in [2.75, 3.05) is 26.2 Å². The van der Waals surface area contributed by atoms with E-state index in [4.69, 9.17) is 4.74 Å². The summed E-state index contributed by atoms with van der Waals surface area (Å²) in [6.45, 7) is 1.03. The summed E-state index contributed by atoms with van der Waals surface area (Å²) in [5.74, 6) is 0.0975. The normalized spacial score (nSPS) is 14.1. The highest BCUT2D eigenvalue weighted by Gasteiger charge is 2.24. The lowest BCUT2D eigenvalue weighted by Gasteiger charge is -2.32. The zero-order valence-electron chi connectivity index (χ0n) is 16.2. The maximum atomic E-state index is 12.3. The maximum absolute atomic E-state index is 12.3. The van der Waals surface area contributed by atoms with E-state index in [1.54, 1.807) is 41.3 Å². The number of nitrogens with zero attached hydrogens (tertiary/aromatic N) is 1. The molecule has 2 aromatic rings. The van der Waals surface area contributed by atoms with Gasteiger partial charge in [-0.15, -0.1) is 0 Å². The lowest BCUT2D eigenvalue weighted by atomic mass is 10.0. The Kier molecular flexibility index (Phi) is 7.22. The molecule has 1 saturated heterocycles. The summed E-state index contributed by atoms with van der Waals surface area (Å²) in [7, 11) is 0. The number of hydrogen-bond acceptors (Lipinski definition) is 4. The smallest absolute Gasteiger partial charge is 0.258 e. The van der Waals surface area contributed by atoms with Gasteiger partial charge < -0.3 is 20.3 Å². The number of piperidine rings is 1. The van der Waals surface area contributed by atoms with E-state index in [0.717, 1.165) is 0 Å². The van der Waals surface area contributed by atoms with Crippen molar-refractivity contribution >= 4 is 17.7 Å². The fourth-order valence-corrected chi connectivity index (χ4v) is 3.17. The van der Waals surface area contributed by atoms with Crippen LogP contribution in [-0.2, 0) is 9.59 Å². The monoisotopic (exact) mass is 395 g/mol. The molecule has 0 unspecified atom stereocenters. The summed E-state index contributed by atoms with van der Waals surface area (Å²) in [6.07, 6.45) is 1.35. The van der Waals surface area contributed by atoms with Gasteiger partial charge in [-0.1, -0.05) is 36.4 Å². The molecule has 2 N–H and O–H groups in total. The predicted molar refractivity (Wildman–Crippen MR) is 108 cm³/mol. The molecule has 0 atom stereocenters. The lowest BCUT2D eigenvalue weighted by Crippen LogP contribution is -2.49. The molecule has 1 aliphatic heterocycles. The Balaban J connectivity index is 1.34. The number of likely N-dealkylation sites (tertiary alicyclic amines) is 1. The first-order valence-corrected chi connectivity index (χ1v) is 9.70. The number of carbonyl (C=O) groups is 3. The van der Waals surface area contributed by atoms with Gasteiger partial charge in [0.1, 0.15) is 5.75 Å².